The molecule has 0 saturated carbocycles. The first-order valence-electron chi connectivity index (χ1n) is 14.0. The van der Waals surface area contributed by atoms with E-state index in [2.05, 4.69) is 31.8 Å². The molecule has 1 amide bonds. The van der Waals surface area contributed by atoms with Gasteiger partial charge in [0.1, 0.15) is 18.2 Å². The van der Waals surface area contributed by atoms with Crippen molar-refractivity contribution in [2.75, 3.05) is 25.5 Å². The van der Waals surface area contributed by atoms with Crippen LogP contribution in [0.2, 0.25) is 0 Å². The lowest BCUT2D eigenvalue weighted by molar-refractivity contribution is -0.127. The zero-order valence-corrected chi connectivity index (χ0v) is 24.4. The van der Waals surface area contributed by atoms with Crippen molar-refractivity contribution in [2.24, 2.45) is 10.7 Å². The van der Waals surface area contributed by atoms with Gasteiger partial charge in [0.25, 0.3) is 0 Å². The van der Waals surface area contributed by atoms with Crippen LogP contribution < -0.4 is 20.5 Å². The molecule has 43 heavy (non-hydrogen) atoms. The number of likely N-dealkylation sites (tertiary alicyclic amines) is 1. The molecule has 11 heteroatoms. The van der Waals surface area contributed by atoms with Crippen LogP contribution in [0.1, 0.15) is 32.3 Å². The normalized spacial score (nSPS) is 14.2. The maximum Gasteiger partial charge on any atom is 0.245 e. The van der Waals surface area contributed by atoms with Gasteiger partial charge in [0.15, 0.2) is 17.3 Å². The first-order valence-corrected chi connectivity index (χ1v) is 14.0. The summed E-state index contributed by atoms with van der Waals surface area (Å²) in [5.74, 6) is 2.09. The predicted molar refractivity (Wildman–Crippen MR) is 167 cm³/mol. The highest BCUT2D eigenvalue weighted by Gasteiger charge is 2.25. The lowest BCUT2D eigenvalue weighted by atomic mass is 9.93. The Morgan fingerprint density at radius 1 is 1.12 bits per heavy atom. The summed E-state index contributed by atoms with van der Waals surface area (Å²) in [5.41, 5.74) is 8.03. The van der Waals surface area contributed by atoms with Gasteiger partial charge in [-0.05, 0) is 49.8 Å². The minimum absolute atomic E-state index is 0.0712. The molecule has 3 heterocycles. The van der Waals surface area contributed by atoms with E-state index in [1.807, 2.05) is 36.4 Å². The summed E-state index contributed by atoms with van der Waals surface area (Å²) >= 11 is 0. The Hall–Kier alpha value is -5.03. The van der Waals surface area contributed by atoms with Crippen molar-refractivity contribution in [3.05, 3.63) is 73.2 Å². The first-order chi connectivity index (χ1) is 20.7. The van der Waals surface area contributed by atoms with E-state index in [0.29, 0.717) is 65.8 Å². The summed E-state index contributed by atoms with van der Waals surface area (Å²) < 4.78 is 12.0. The minimum Gasteiger partial charge on any atom is -0.493 e. The Morgan fingerprint density at radius 3 is 2.53 bits per heavy atom. The molecule has 222 valence electrons. The molecule has 5 rings (SSSR count). The Labute approximate surface area is 250 Å². The monoisotopic (exact) mass is 581 g/mol. The number of amides is 1. The van der Waals surface area contributed by atoms with E-state index in [4.69, 9.17) is 15.2 Å². The van der Waals surface area contributed by atoms with E-state index in [1.54, 1.807) is 38.1 Å². The number of benzene rings is 2. The van der Waals surface area contributed by atoms with Crippen LogP contribution in [0.4, 0.5) is 17.3 Å². The summed E-state index contributed by atoms with van der Waals surface area (Å²) in [5, 5.41) is 15.2. The van der Waals surface area contributed by atoms with Gasteiger partial charge in [-0.2, -0.15) is 0 Å². The van der Waals surface area contributed by atoms with Crippen LogP contribution >= 0.6 is 0 Å². The van der Waals surface area contributed by atoms with E-state index in [-0.39, 0.29) is 12.0 Å². The molecular weight excluding hydrogens is 546 g/mol. The highest BCUT2D eigenvalue weighted by molar-refractivity contribution is 5.93. The predicted octanol–water partition coefficient (Wildman–Crippen LogP) is 4.85. The van der Waals surface area contributed by atoms with E-state index in [9.17, 15) is 9.90 Å². The van der Waals surface area contributed by atoms with E-state index in [1.165, 1.54) is 18.7 Å². The van der Waals surface area contributed by atoms with Gasteiger partial charge in [-0.3, -0.25) is 4.79 Å². The molecule has 0 bridgehead atoms. The number of piperidine rings is 1. The van der Waals surface area contributed by atoms with Crippen LogP contribution in [-0.4, -0.2) is 63.5 Å². The average Bonchev–Trinajstić information content (AvgIpc) is 3.01. The van der Waals surface area contributed by atoms with Crippen LogP contribution in [0.5, 0.6) is 11.5 Å². The third-order valence-electron chi connectivity index (χ3n) is 7.36. The second kappa shape index (κ2) is 12.5. The fourth-order valence-corrected chi connectivity index (χ4v) is 5.12. The molecule has 11 nitrogen and oxygen atoms in total. The van der Waals surface area contributed by atoms with Gasteiger partial charge < -0.3 is 30.5 Å². The summed E-state index contributed by atoms with van der Waals surface area (Å²) in [6, 6.07) is 13.1. The van der Waals surface area contributed by atoms with Crippen LogP contribution in [0.3, 0.4) is 0 Å². The van der Waals surface area contributed by atoms with Gasteiger partial charge in [-0.25, -0.2) is 19.9 Å². The summed E-state index contributed by atoms with van der Waals surface area (Å²) in [7, 11) is 1.59. The molecule has 2 aromatic heterocycles. The molecular formula is C32H35N7O4. The number of hydrogen-bond acceptors (Lipinski definition) is 9. The van der Waals surface area contributed by atoms with Crippen LogP contribution in [-0.2, 0) is 10.4 Å². The number of pyridine rings is 1. The van der Waals surface area contributed by atoms with Crippen molar-refractivity contribution in [3.8, 4) is 22.6 Å². The maximum atomic E-state index is 12.0. The number of carbonyl (C=O) groups excluding carboxylic acids is 1. The highest BCUT2D eigenvalue weighted by atomic mass is 16.5. The van der Waals surface area contributed by atoms with Crippen molar-refractivity contribution in [1.29, 1.82) is 0 Å². The number of anilines is 2. The molecule has 4 aromatic rings. The van der Waals surface area contributed by atoms with E-state index >= 15 is 0 Å². The number of rotatable bonds is 9. The van der Waals surface area contributed by atoms with Gasteiger partial charge in [0.05, 0.1) is 24.6 Å². The highest BCUT2D eigenvalue weighted by Crippen LogP contribution is 2.38. The van der Waals surface area contributed by atoms with Crippen LogP contribution in [0, 0.1) is 0 Å². The standard InChI is InChI=1S/C32H35N7O4/c1-5-30(40)39-12-10-22(11-13-39)43-28-15-23-25(16-27(28)42-4)36-19-37-31(23)38-26-14-20(6-8-24(26)32(2,3)41)21-7-9-29(34-17-21)35-18-33/h5-9,14-19,22,41H,1,10-13H2,2-4H3,(H2,33,34,35)(H,36,37,38). The van der Waals surface area contributed by atoms with Crippen molar-refractivity contribution in [3.63, 3.8) is 0 Å². The smallest absolute Gasteiger partial charge is 0.245 e. The maximum absolute atomic E-state index is 12.0. The Kier molecular flexibility index (Phi) is 8.53. The van der Waals surface area contributed by atoms with Crippen molar-refractivity contribution in [1.82, 2.24) is 19.9 Å². The summed E-state index contributed by atoms with van der Waals surface area (Å²) in [6.45, 7) is 8.23. The number of aliphatic hydroxyl groups is 1. The first kappa shape index (κ1) is 29.5. The molecule has 0 spiro atoms. The number of hydrogen-bond donors (Lipinski definition) is 3. The number of fused-ring (bicyclic) bond motifs is 1. The average molecular weight is 582 g/mol. The number of nitrogens with zero attached hydrogens (tertiary/aromatic N) is 5. The largest absolute Gasteiger partial charge is 0.493 e. The molecule has 4 N–H and O–H groups in total. The summed E-state index contributed by atoms with van der Waals surface area (Å²) in [6.07, 6.45) is 7.03. The molecule has 0 radical (unpaired) electrons. The Bertz CT molecular complexity index is 1660. The number of nitrogens with two attached hydrogens (primary N) is 1. The number of aliphatic imine (C=N–C) groups is 1. The molecule has 0 unspecified atom stereocenters. The van der Waals surface area contributed by atoms with Gasteiger partial charge in [-0.1, -0.05) is 18.7 Å². The summed E-state index contributed by atoms with van der Waals surface area (Å²) in [4.78, 5) is 31.1. The zero-order valence-electron chi connectivity index (χ0n) is 24.4. The van der Waals surface area contributed by atoms with Crippen LogP contribution in [0.15, 0.2) is 72.6 Å². The van der Waals surface area contributed by atoms with Crippen LogP contribution in [0.25, 0.3) is 22.0 Å². The second-order valence-electron chi connectivity index (χ2n) is 10.7. The zero-order chi connectivity index (χ0) is 30.6. The number of carbonyl (C=O) groups is 1. The number of aromatic nitrogens is 3. The quantitative estimate of drug-likeness (QED) is 0.143. The molecule has 1 fully saturated rings. The lowest BCUT2D eigenvalue weighted by Gasteiger charge is -2.31. The molecule has 1 aliphatic rings. The second-order valence-corrected chi connectivity index (χ2v) is 10.7. The van der Waals surface area contributed by atoms with Gasteiger partial charge in [0.2, 0.25) is 5.91 Å². The molecule has 1 saturated heterocycles. The van der Waals surface area contributed by atoms with E-state index < -0.39 is 5.60 Å². The Morgan fingerprint density at radius 2 is 1.88 bits per heavy atom. The topological polar surface area (TPSA) is 148 Å². The Balaban J connectivity index is 1.49. The third kappa shape index (κ3) is 6.57. The molecule has 2 aromatic carbocycles. The van der Waals surface area contributed by atoms with Crippen molar-refractivity contribution >= 4 is 40.5 Å². The molecule has 0 aliphatic carbocycles. The SMILES string of the molecule is C=CC(=O)N1CCC(Oc2cc3c(Nc4cc(-c5ccc(N=CN)nc5)ccc4C(C)(C)O)ncnc3cc2OC)CC1. The fourth-order valence-electron chi connectivity index (χ4n) is 5.12. The van der Waals surface area contributed by atoms with Gasteiger partial charge >= 0.3 is 0 Å². The van der Waals surface area contributed by atoms with Gasteiger partial charge in [-0.15, -0.1) is 0 Å². The van der Waals surface area contributed by atoms with Gasteiger partial charge in [0, 0.05) is 60.4 Å². The van der Waals surface area contributed by atoms with E-state index in [0.717, 1.165) is 16.5 Å². The fraction of sp³-hybridized carbons (Fsp3) is 0.281. The van der Waals surface area contributed by atoms with Crippen molar-refractivity contribution in [2.45, 2.75) is 38.4 Å². The minimum atomic E-state index is -1.14. The number of ether oxygens (including phenoxy) is 2. The lowest BCUT2D eigenvalue weighted by Crippen LogP contribution is -2.41. The molecule has 1 aliphatic heterocycles. The third-order valence-corrected chi connectivity index (χ3v) is 7.36. The molecule has 0 atom stereocenters. The van der Waals surface area contributed by atoms with Crippen molar-refractivity contribution < 1.29 is 19.4 Å². The number of nitrogens with one attached hydrogen (secondary N) is 1. The number of methoxy groups -OCH3 is 1.